The molecule has 0 aliphatic carbocycles. The number of aldehydes is 1. The maximum Gasteiger partial charge on any atom is 0.193 e. The van der Waals surface area contributed by atoms with Crippen LogP contribution in [0.2, 0.25) is 0 Å². The van der Waals surface area contributed by atoms with Crippen molar-refractivity contribution in [2.45, 2.75) is 6.92 Å². The monoisotopic (exact) mass is 144 g/mol. The van der Waals surface area contributed by atoms with Crippen LogP contribution in [0, 0.1) is 18.8 Å². The zero-order valence-corrected chi connectivity index (χ0v) is 6.29. The molecule has 0 radical (unpaired) electrons. The lowest BCUT2D eigenvalue weighted by molar-refractivity contribution is -0.103. The summed E-state index contributed by atoms with van der Waals surface area (Å²) >= 11 is 0. The Morgan fingerprint density at radius 2 is 2.27 bits per heavy atom. The SMILES string of the molecule is Cc1cccc(C#CC=O)c1. The second-order valence-electron chi connectivity index (χ2n) is 2.26. The van der Waals surface area contributed by atoms with Gasteiger partial charge in [0.05, 0.1) is 0 Å². The van der Waals surface area contributed by atoms with Crippen molar-refractivity contribution in [1.82, 2.24) is 0 Å². The number of hydrogen-bond acceptors (Lipinski definition) is 1. The van der Waals surface area contributed by atoms with E-state index in [1.807, 2.05) is 31.2 Å². The van der Waals surface area contributed by atoms with E-state index in [4.69, 9.17) is 0 Å². The largest absolute Gasteiger partial charge is 0.289 e. The third-order valence-corrected chi connectivity index (χ3v) is 1.29. The maximum atomic E-state index is 9.89. The molecule has 0 fully saturated rings. The van der Waals surface area contributed by atoms with Gasteiger partial charge >= 0.3 is 0 Å². The lowest BCUT2D eigenvalue weighted by atomic mass is 10.1. The Labute approximate surface area is 66.1 Å². The number of aryl methyl sites for hydroxylation is 1. The highest BCUT2D eigenvalue weighted by Crippen LogP contribution is 2.00. The Balaban J connectivity index is 2.96. The van der Waals surface area contributed by atoms with E-state index in [2.05, 4.69) is 11.8 Å². The zero-order valence-electron chi connectivity index (χ0n) is 6.29. The highest BCUT2D eigenvalue weighted by atomic mass is 16.1. The molecule has 1 aromatic carbocycles. The van der Waals surface area contributed by atoms with E-state index >= 15 is 0 Å². The van der Waals surface area contributed by atoms with Gasteiger partial charge in [0.25, 0.3) is 0 Å². The predicted octanol–water partition coefficient (Wildman–Crippen LogP) is 1.55. The quantitative estimate of drug-likeness (QED) is 0.399. The smallest absolute Gasteiger partial charge is 0.193 e. The van der Waals surface area contributed by atoms with Crippen LogP contribution in [-0.4, -0.2) is 6.29 Å². The predicted molar refractivity (Wildman–Crippen MR) is 44.1 cm³/mol. The molecule has 54 valence electrons. The molecule has 1 aromatic rings. The summed E-state index contributed by atoms with van der Waals surface area (Å²) in [6, 6.07) is 7.73. The topological polar surface area (TPSA) is 17.1 Å². The fraction of sp³-hybridized carbons (Fsp3) is 0.100. The van der Waals surface area contributed by atoms with E-state index < -0.39 is 0 Å². The first-order valence-electron chi connectivity index (χ1n) is 3.35. The molecule has 0 spiro atoms. The van der Waals surface area contributed by atoms with Crippen molar-refractivity contribution in [1.29, 1.82) is 0 Å². The molecule has 0 amide bonds. The van der Waals surface area contributed by atoms with Gasteiger partial charge in [-0.15, -0.1) is 0 Å². The minimum absolute atomic E-state index is 0.600. The Bertz CT molecular complexity index is 315. The van der Waals surface area contributed by atoms with E-state index in [0.717, 1.165) is 11.1 Å². The van der Waals surface area contributed by atoms with Gasteiger partial charge in [-0.1, -0.05) is 18.1 Å². The third kappa shape index (κ3) is 2.27. The molecule has 0 saturated carbocycles. The van der Waals surface area contributed by atoms with Crippen molar-refractivity contribution in [3.8, 4) is 11.8 Å². The average molecular weight is 144 g/mol. The number of carbonyl (C=O) groups is 1. The van der Waals surface area contributed by atoms with Crippen molar-refractivity contribution in [3.05, 3.63) is 35.4 Å². The van der Waals surface area contributed by atoms with Crippen molar-refractivity contribution in [2.75, 3.05) is 0 Å². The minimum atomic E-state index is 0.600. The fourth-order valence-electron chi connectivity index (χ4n) is 0.836. The van der Waals surface area contributed by atoms with Crippen LogP contribution >= 0.6 is 0 Å². The molecule has 0 aliphatic heterocycles. The van der Waals surface area contributed by atoms with Gasteiger partial charge in [0.2, 0.25) is 0 Å². The van der Waals surface area contributed by atoms with E-state index in [9.17, 15) is 4.79 Å². The number of rotatable bonds is 0. The van der Waals surface area contributed by atoms with Crippen LogP contribution in [0.3, 0.4) is 0 Å². The lowest BCUT2D eigenvalue weighted by Gasteiger charge is -1.90. The highest BCUT2D eigenvalue weighted by molar-refractivity contribution is 5.73. The molecule has 0 bridgehead atoms. The molecule has 1 nitrogen and oxygen atoms in total. The second kappa shape index (κ2) is 3.58. The van der Waals surface area contributed by atoms with Gasteiger partial charge < -0.3 is 0 Å². The molecule has 11 heavy (non-hydrogen) atoms. The van der Waals surface area contributed by atoms with E-state index in [0.29, 0.717) is 6.29 Å². The lowest BCUT2D eigenvalue weighted by Crippen LogP contribution is -1.75. The van der Waals surface area contributed by atoms with Gasteiger partial charge in [-0.2, -0.15) is 0 Å². The minimum Gasteiger partial charge on any atom is -0.289 e. The van der Waals surface area contributed by atoms with E-state index in [1.54, 1.807) is 0 Å². The fourth-order valence-corrected chi connectivity index (χ4v) is 0.836. The van der Waals surface area contributed by atoms with Gasteiger partial charge in [-0.3, -0.25) is 4.79 Å². The van der Waals surface area contributed by atoms with Gasteiger partial charge in [-0.05, 0) is 30.5 Å². The Hall–Kier alpha value is -1.55. The first-order chi connectivity index (χ1) is 5.33. The molecule has 0 aliphatic rings. The molecule has 1 heteroatoms. The standard InChI is InChI=1S/C10H8O/c1-9-4-2-5-10(8-9)6-3-7-11/h2,4-5,7-8H,1H3. The van der Waals surface area contributed by atoms with Crippen LogP contribution in [0.5, 0.6) is 0 Å². The van der Waals surface area contributed by atoms with Crippen LogP contribution in [0.4, 0.5) is 0 Å². The molecule has 0 saturated heterocycles. The summed E-state index contributed by atoms with van der Waals surface area (Å²) in [5.74, 6) is 5.08. The van der Waals surface area contributed by atoms with Crippen LogP contribution in [0.25, 0.3) is 0 Å². The van der Waals surface area contributed by atoms with Crippen LogP contribution in [0.15, 0.2) is 24.3 Å². The van der Waals surface area contributed by atoms with Crippen LogP contribution in [-0.2, 0) is 4.79 Å². The average Bonchev–Trinajstić information content (AvgIpc) is 2.01. The summed E-state index contributed by atoms with van der Waals surface area (Å²) in [6.07, 6.45) is 0.600. The van der Waals surface area contributed by atoms with Crippen LogP contribution in [0.1, 0.15) is 11.1 Å². The third-order valence-electron chi connectivity index (χ3n) is 1.29. The molecule has 1 rings (SSSR count). The summed E-state index contributed by atoms with van der Waals surface area (Å²) in [7, 11) is 0. The van der Waals surface area contributed by atoms with Gasteiger partial charge in [0.1, 0.15) is 0 Å². The van der Waals surface area contributed by atoms with Crippen molar-refractivity contribution >= 4 is 6.29 Å². The van der Waals surface area contributed by atoms with Crippen molar-refractivity contribution in [2.24, 2.45) is 0 Å². The van der Waals surface area contributed by atoms with Crippen molar-refractivity contribution < 1.29 is 4.79 Å². The van der Waals surface area contributed by atoms with Gasteiger partial charge in [0, 0.05) is 5.56 Å². The second-order valence-corrected chi connectivity index (χ2v) is 2.26. The van der Waals surface area contributed by atoms with Gasteiger partial charge in [-0.25, -0.2) is 0 Å². The number of hydrogen-bond donors (Lipinski definition) is 0. The molecule has 0 heterocycles. The highest BCUT2D eigenvalue weighted by Gasteiger charge is 1.85. The summed E-state index contributed by atoms with van der Waals surface area (Å²) in [5.41, 5.74) is 2.04. The summed E-state index contributed by atoms with van der Waals surface area (Å²) in [4.78, 5) is 9.89. The van der Waals surface area contributed by atoms with E-state index in [-0.39, 0.29) is 0 Å². The number of benzene rings is 1. The summed E-state index contributed by atoms with van der Waals surface area (Å²) < 4.78 is 0. The summed E-state index contributed by atoms with van der Waals surface area (Å²) in [5, 5.41) is 0. The maximum absolute atomic E-state index is 9.89. The molecule has 0 N–H and O–H groups in total. The molecule has 0 unspecified atom stereocenters. The Kier molecular flexibility index (Phi) is 2.46. The zero-order chi connectivity index (χ0) is 8.10. The first kappa shape index (κ1) is 7.56. The first-order valence-corrected chi connectivity index (χ1v) is 3.35. The van der Waals surface area contributed by atoms with Gasteiger partial charge in [0.15, 0.2) is 6.29 Å². The van der Waals surface area contributed by atoms with Crippen LogP contribution < -0.4 is 0 Å². The molecular weight excluding hydrogens is 136 g/mol. The molecule has 0 atom stereocenters. The normalized spacial score (nSPS) is 8.09. The Morgan fingerprint density at radius 1 is 1.45 bits per heavy atom. The van der Waals surface area contributed by atoms with E-state index in [1.165, 1.54) is 0 Å². The number of carbonyl (C=O) groups excluding carboxylic acids is 1. The molecule has 0 aromatic heterocycles. The molecular formula is C10H8O. The Morgan fingerprint density at radius 3 is 2.91 bits per heavy atom. The summed E-state index contributed by atoms with van der Waals surface area (Å²) in [6.45, 7) is 1.99. The van der Waals surface area contributed by atoms with Crippen molar-refractivity contribution in [3.63, 3.8) is 0 Å².